The fraction of sp³-hybridized carbons (Fsp3) is 0.182. The molecule has 0 aliphatic rings. The zero-order valence-electron chi connectivity index (χ0n) is 10.4. The number of anilines is 1. The summed E-state index contributed by atoms with van der Waals surface area (Å²) in [6.45, 7) is 1.80. The van der Waals surface area contributed by atoms with E-state index in [1.807, 2.05) is 0 Å². The van der Waals surface area contributed by atoms with E-state index in [2.05, 4.69) is 14.3 Å². The summed E-state index contributed by atoms with van der Waals surface area (Å²) in [5.41, 5.74) is 0.564. The van der Waals surface area contributed by atoms with Crippen LogP contribution < -0.4 is 4.72 Å². The number of hydrogen-bond acceptors (Lipinski definition) is 6. The van der Waals surface area contributed by atoms with Crippen LogP contribution in [0.4, 0.5) is 5.00 Å². The van der Waals surface area contributed by atoms with E-state index in [4.69, 9.17) is 5.11 Å². The van der Waals surface area contributed by atoms with Crippen LogP contribution in [-0.4, -0.2) is 29.1 Å². The van der Waals surface area contributed by atoms with Gasteiger partial charge >= 0.3 is 5.97 Å². The van der Waals surface area contributed by atoms with Gasteiger partial charge in [0.25, 0.3) is 10.0 Å². The Kier molecular flexibility index (Phi) is 4.00. The molecule has 0 bridgehead atoms. The molecule has 1 heterocycles. The number of carboxylic acids is 1. The van der Waals surface area contributed by atoms with E-state index in [9.17, 15) is 13.2 Å². The zero-order chi connectivity index (χ0) is 14.8. The minimum atomic E-state index is -3.85. The molecule has 20 heavy (non-hydrogen) atoms. The minimum absolute atomic E-state index is 0.0159. The quantitative estimate of drug-likeness (QED) is 0.867. The third kappa shape index (κ3) is 2.94. The van der Waals surface area contributed by atoms with E-state index in [1.54, 1.807) is 6.92 Å². The molecule has 0 atom stereocenters. The van der Waals surface area contributed by atoms with Gasteiger partial charge in [0, 0.05) is 11.5 Å². The Morgan fingerprint density at radius 3 is 2.75 bits per heavy atom. The van der Waals surface area contributed by atoms with Crippen molar-refractivity contribution in [3.63, 3.8) is 0 Å². The number of aryl methyl sites for hydroxylation is 1. The normalized spacial score (nSPS) is 11.2. The highest BCUT2D eigenvalue weighted by Crippen LogP contribution is 2.21. The van der Waals surface area contributed by atoms with Crippen molar-refractivity contribution in [1.82, 2.24) is 9.59 Å². The van der Waals surface area contributed by atoms with Crippen LogP contribution in [0.15, 0.2) is 29.3 Å². The van der Waals surface area contributed by atoms with E-state index in [1.165, 1.54) is 18.3 Å². The van der Waals surface area contributed by atoms with E-state index in [0.717, 1.165) is 17.6 Å². The van der Waals surface area contributed by atoms with Crippen molar-refractivity contribution in [1.29, 1.82) is 0 Å². The number of sulfonamides is 1. The first-order valence-electron chi connectivity index (χ1n) is 5.60. The minimum Gasteiger partial charge on any atom is -0.478 e. The lowest BCUT2D eigenvalue weighted by atomic mass is 10.1. The molecule has 9 heteroatoms. The highest BCUT2D eigenvalue weighted by atomic mass is 32.2. The van der Waals surface area contributed by atoms with Crippen LogP contribution in [0.1, 0.15) is 22.8 Å². The van der Waals surface area contributed by atoms with Crippen LogP contribution in [0, 0.1) is 0 Å². The Balaban J connectivity index is 2.42. The Morgan fingerprint density at radius 2 is 2.20 bits per heavy atom. The average molecular weight is 313 g/mol. The van der Waals surface area contributed by atoms with Crippen LogP contribution in [0.25, 0.3) is 0 Å². The van der Waals surface area contributed by atoms with Crippen molar-refractivity contribution in [2.75, 3.05) is 4.72 Å². The van der Waals surface area contributed by atoms with Gasteiger partial charge in [-0.2, -0.15) is 0 Å². The van der Waals surface area contributed by atoms with Gasteiger partial charge in [-0.15, -0.1) is 5.10 Å². The largest absolute Gasteiger partial charge is 0.478 e. The first-order valence-corrected chi connectivity index (χ1v) is 7.86. The highest BCUT2D eigenvalue weighted by Gasteiger charge is 2.19. The van der Waals surface area contributed by atoms with Crippen molar-refractivity contribution in [2.24, 2.45) is 0 Å². The number of nitrogens with one attached hydrogen (secondary N) is 1. The Labute approximate surface area is 119 Å². The van der Waals surface area contributed by atoms with Crippen LogP contribution >= 0.6 is 11.5 Å². The molecule has 2 N–H and O–H groups in total. The third-order valence-electron chi connectivity index (χ3n) is 2.60. The predicted molar refractivity (Wildman–Crippen MR) is 73.5 cm³/mol. The molecule has 0 amide bonds. The standard InChI is InChI=1S/C11H11N3O4S2/c1-2-7-3-4-8(5-9(7)11(15)16)20(17,18)13-10-6-12-14-19-10/h3-6,13H,2H2,1H3,(H,15,16). The molecule has 106 valence electrons. The van der Waals surface area contributed by atoms with Crippen molar-refractivity contribution in [3.8, 4) is 0 Å². The summed E-state index contributed by atoms with van der Waals surface area (Å²) in [7, 11) is -3.85. The Morgan fingerprint density at radius 1 is 1.45 bits per heavy atom. The summed E-state index contributed by atoms with van der Waals surface area (Å²) in [6, 6.07) is 4.03. The van der Waals surface area contributed by atoms with Crippen LogP contribution in [0.2, 0.25) is 0 Å². The maximum absolute atomic E-state index is 12.1. The number of aromatic carboxylic acids is 1. The van der Waals surface area contributed by atoms with Gasteiger partial charge in [-0.05, 0) is 24.1 Å². The van der Waals surface area contributed by atoms with Gasteiger partial charge in [-0.25, -0.2) is 13.2 Å². The summed E-state index contributed by atoms with van der Waals surface area (Å²) in [4.78, 5) is 11.0. The first-order chi connectivity index (χ1) is 9.44. The van der Waals surface area contributed by atoms with E-state index in [-0.39, 0.29) is 15.5 Å². The molecule has 0 fully saturated rings. The molecule has 0 aliphatic carbocycles. The van der Waals surface area contributed by atoms with Crippen molar-refractivity contribution < 1.29 is 18.3 Å². The fourth-order valence-corrected chi connectivity index (χ4v) is 3.34. The molecular formula is C11H11N3O4S2. The lowest BCUT2D eigenvalue weighted by molar-refractivity contribution is 0.0695. The molecule has 0 saturated carbocycles. The van der Waals surface area contributed by atoms with Crippen molar-refractivity contribution in [3.05, 3.63) is 35.5 Å². The number of carbonyl (C=O) groups is 1. The maximum Gasteiger partial charge on any atom is 0.336 e. The van der Waals surface area contributed by atoms with Crippen LogP contribution in [-0.2, 0) is 16.4 Å². The van der Waals surface area contributed by atoms with Gasteiger partial charge in [0.05, 0.1) is 16.7 Å². The Hall–Kier alpha value is -2.00. The number of rotatable bonds is 5. The molecule has 1 aromatic carbocycles. The van der Waals surface area contributed by atoms with Gasteiger partial charge in [-0.1, -0.05) is 17.5 Å². The molecular weight excluding hydrogens is 302 g/mol. The fourth-order valence-electron chi connectivity index (χ4n) is 1.63. The second kappa shape index (κ2) is 5.55. The lowest BCUT2D eigenvalue weighted by Crippen LogP contribution is -2.13. The number of hydrogen-bond donors (Lipinski definition) is 2. The number of benzene rings is 1. The summed E-state index contributed by atoms with van der Waals surface area (Å²) < 4.78 is 30.1. The Bertz CT molecular complexity index is 726. The highest BCUT2D eigenvalue weighted by molar-refractivity contribution is 7.93. The third-order valence-corrected chi connectivity index (χ3v) is 4.67. The average Bonchev–Trinajstić information content (AvgIpc) is 2.89. The number of carboxylic acid groups (broad SMARTS) is 1. The summed E-state index contributed by atoms with van der Waals surface area (Å²) >= 11 is 0.895. The SMILES string of the molecule is CCc1ccc(S(=O)(=O)Nc2cnns2)cc1C(=O)O. The van der Waals surface area contributed by atoms with Crippen molar-refractivity contribution in [2.45, 2.75) is 18.2 Å². The van der Waals surface area contributed by atoms with Gasteiger partial charge in [0.15, 0.2) is 0 Å². The molecule has 0 unspecified atom stereocenters. The molecule has 0 saturated heterocycles. The molecule has 0 radical (unpaired) electrons. The second-order valence-corrected chi connectivity index (χ2v) is 6.33. The van der Waals surface area contributed by atoms with Crippen LogP contribution in [0.5, 0.6) is 0 Å². The summed E-state index contributed by atoms with van der Waals surface area (Å²) in [6.07, 6.45) is 1.79. The lowest BCUT2D eigenvalue weighted by Gasteiger charge is -2.08. The molecule has 0 spiro atoms. The molecule has 2 rings (SSSR count). The summed E-state index contributed by atoms with van der Waals surface area (Å²) in [5.74, 6) is -1.15. The molecule has 7 nitrogen and oxygen atoms in total. The van der Waals surface area contributed by atoms with E-state index < -0.39 is 16.0 Å². The topological polar surface area (TPSA) is 109 Å². The monoisotopic (exact) mass is 313 g/mol. The van der Waals surface area contributed by atoms with E-state index in [0.29, 0.717) is 12.0 Å². The molecule has 0 aliphatic heterocycles. The maximum atomic E-state index is 12.1. The molecule has 2 aromatic rings. The van der Waals surface area contributed by atoms with Gasteiger partial charge < -0.3 is 5.11 Å². The smallest absolute Gasteiger partial charge is 0.336 e. The van der Waals surface area contributed by atoms with Crippen molar-refractivity contribution >= 4 is 32.5 Å². The van der Waals surface area contributed by atoms with Gasteiger partial charge in [-0.3, -0.25) is 4.72 Å². The van der Waals surface area contributed by atoms with Gasteiger partial charge in [0.2, 0.25) is 0 Å². The summed E-state index contributed by atoms with van der Waals surface area (Å²) in [5, 5.41) is 12.9. The number of aromatic nitrogens is 2. The van der Waals surface area contributed by atoms with Crippen LogP contribution in [0.3, 0.4) is 0 Å². The number of nitrogens with zero attached hydrogens (tertiary/aromatic N) is 2. The van der Waals surface area contributed by atoms with Gasteiger partial charge in [0.1, 0.15) is 5.00 Å². The predicted octanol–water partition coefficient (Wildman–Crippen LogP) is 1.60. The molecule has 1 aromatic heterocycles. The second-order valence-electron chi connectivity index (χ2n) is 3.86. The zero-order valence-corrected chi connectivity index (χ0v) is 12.0. The first kappa shape index (κ1) is 14.4. The van der Waals surface area contributed by atoms with E-state index >= 15 is 0 Å².